The van der Waals surface area contributed by atoms with Crippen LogP contribution in [0.1, 0.15) is 43.5 Å². The molecule has 0 amide bonds. The van der Waals surface area contributed by atoms with E-state index in [4.69, 9.17) is 0 Å². The standard InChI is InChI=1S/C10H16BrNS/c1-7(2)9-12-5-8(13-9)10(3,4)6-11/h5,7H,6H2,1-4H3. The zero-order valence-electron chi connectivity index (χ0n) is 8.60. The van der Waals surface area contributed by atoms with E-state index in [-0.39, 0.29) is 5.41 Å². The average Bonchev–Trinajstić information content (AvgIpc) is 2.52. The molecule has 0 spiro atoms. The molecule has 0 saturated carbocycles. The van der Waals surface area contributed by atoms with Crippen LogP contribution in [0.2, 0.25) is 0 Å². The van der Waals surface area contributed by atoms with E-state index in [9.17, 15) is 0 Å². The van der Waals surface area contributed by atoms with E-state index in [1.165, 1.54) is 9.88 Å². The highest BCUT2D eigenvalue weighted by Crippen LogP contribution is 2.32. The lowest BCUT2D eigenvalue weighted by molar-refractivity contribution is 0.619. The first-order chi connectivity index (χ1) is 5.97. The highest BCUT2D eigenvalue weighted by Gasteiger charge is 2.22. The van der Waals surface area contributed by atoms with Crippen LogP contribution in [-0.2, 0) is 5.41 Å². The first kappa shape index (κ1) is 11.2. The summed E-state index contributed by atoms with van der Waals surface area (Å²) in [7, 11) is 0. The minimum Gasteiger partial charge on any atom is -0.249 e. The van der Waals surface area contributed by atoms with Gasteiger partial charge >= 0.3 is 0 Å². The molecule has 0 bridgehead atoms. The normalized spacial score (nSPS) is 12.5. The molecule has 0 saturated heterocycles. The summed E-state index contributed by atoms with van der Waals surface area (Å²) in [6, 6.07) is 0. The Kier molecular flexibility index (Phi) is 3.52. The largest absolute Gasteiger partial charge is 0.249 e. The summed E-state index contributed by atoms with van der Waals surface area (Å²) < 4.78 is 0. The fraction of sp³-hybridized carbons (Fsp3) is 0.700. The summed E-state index contributed by atoms with van der Waals surface area (Å²) in [6.07, 6.45) is 2.02. The number of hydrogen-bond donors (Lipinski definition) is 0. The van der Waals surface area contributed by atoms with Crippen molar-refractivity contribution in [2.45, 2.75) is 39.0 Å². The summed E-state index contributed by atoms with van der Waals surface area (Å²) in [4.78, 5) is 5.80. The van der Waals surface area contributed by atoms with E-state index in [0.717, 1.165) is 5.33 Å². The molecule has 1 aromatic heterocycles. The maximum absolute atomic E-state index is 4.43. The Bertz CT molecular complexity index is 278. The predicted octanol–water partition coefficient (Wildman–Crippen LogP) is 3.94. The number of halogens is 1. The molecule has 1 aromatic rings. The van der Waals surface area contributed by atoms with Crippen molar-refractivity contribution in [2.24, 2.45) is 0 Å². The van der Waals surface area contributed by atoms with E-state index in [1.54, 1.807) is 0 Å². The van der Waals surface area contributed by atoms with Gasteiger partial charge in [0.1, 0.15) is 0 Å². The third-order valence-corrected chi connectivity index (χ3v) is 5.08. The average molecular weight is 262 g/mol. The molecule has 0 atom stereocenters. The fourth-order valence-corrected chi connectivity index (χ4v) is 2.44. The van der Waals surface area contributed by atoms with E-state index in [1.807, 2.05) is 17.5 Å². The molecule has 0 aliphatic carbocycles. The van der Waals surface area contributed by atoms with Gasteiger partial charge in [-0.1, -0.05) is 43.6 Å². The van der Waals surface area contributed by atoms with Crippen LogP contribution in [0.4, 0.5) is 0 Å². The second-order valence-corrected chi connectivity index (χ2v) is 5.86. The van der Waals surface area contributed by atoms with E-state index in [0.29, 0.717) is 5.92 Å². The molecule has 0 radical (unpaired) electrons. The number of aromatic nitrogens is 1. The molecule has 0 aromatic carbocycles. The number of thiazole rings is 1. The molecule has 74 valence electrons. The van der Waals surface area contributed by atoms with Crippen molar-refractivity contribution in [2.75, 3.05) is 5.33 Å². The maximum Gasteiger partial charge on any atom is 0.0953 e. The van der Waals surface area contributed by atoms with Crippen molar-refractivity contribution in [3.63, 3.8) is 0 Å². The Morgan fingerprint density at radius 2 is 2.15 bits per heavy atom. The highest BCUT2D eigenvalue weighted by atomic mass is 79.9. The SMILES string of the molecule is CC(C)c1ncc(C(C)(C)CBr)s1. The van der Waals surface area contributed by atoms with Crippen LogP contribution in [0.25, 0.3) is 0 Å². The van der Waals surface area contributed by atoms with Crippen LogP contribution in [0.3, 0.4) is 0 Å². The molecule has 1 heterocycles. The molecule has 1 nitrogen and oxygen atoms in total. The zero-order chi connectivity index (χ0) is 10.1. The zero-order valence-corrected chi connectivity index (χ0v) is 11.0. The summed E-state index contributed by atoms with van der Waals surface area (Å²) in [5, 5.41) is 2.23. The van der Waals surface area contributed by atoms with E-state index in [2.05, 4.69) is 48.6 Å². The van der Waals surface area contributed by atoms with E-state index >= 15 is 0 Å². The Labute approximate surface area is 92.7 Å². The van der Waals surface area contributed by atoms with E-state index < -0.39 is 0 Å². The fourth-order valence-electron chi connectivity index (χ4n) is 0.933. The molecule has 0 aliphatic heterocycles. The second kappa shape index (κ2) is 4.09. The number of rotatable bonds is 3. The van der Waals surface area contributed by atoms with Crippen LogP contribution in [0.15, 0.2) is 6.20 Å². The number of alkyl halides is 1. The Morgan fingerprint density at radius 3 is 2.54 bits per heavy atom. The van der Waals surface area contributed by atoms with Gasteiger partial charge in [-0.15, -0.1) is 11.3 Å². The summed E-state index contributed by atoms with van der Waals surface area (Å²) in [6.45, 7) is 8.84. The minimum atomic E-state index is 0.213. The molecule has 13 heavy (non-hydrogen) atoms. The minimum absolute atomic E-state index is 0.213. The highest BCUT2D eigenvalue weighted by molar-refractivity contribution is 9.09. The summed E-state index contributed by atoms with van der Waals surface area (Å²) in [5.74, 6) is 0.546. The lowest BCUT2D eigenvalue weighted by Crippen LogP contribution is -2.16. The molecule has 3 heteroatoms. The second-order valence-electron chi connectivity index (χ2n) is 4.23. The van der Waals surface area contributed by atoms with Crippen molar-refractivity contribution < 1.29 is 0 Å². The molecule has 0 unspecified atom stereocenters. The van der Waals surface area contributed by atoms with Crippen molar-refractivity contribution >= 4 is 27.3 Å². The first-order valence-corrected chi connectivity index (χ1v) is 6.43. The third-order valence-electron chi connectivity index (χ3n) is 2.02. The lowest BCUT2D eigenvalue weighted by Gasteiger charge is -2.18. The molecular weight excluding hydrogens is 246 g/mol. The number of nitrogens with zero attached hydrogens (tertiary/aromatic N) is 1. The van der Waals surface area contributed by atoms with Crippen LogP contribution in [0.5, 0.6) is 0 Å². The van der Waals surface area contributed by atoms with Crippen molar-refractivity contribution in [3.8, 4) is 0 Å². The van der Waals surface area contributed by atoms with Gasteiger partial charge in [-0.05, 0) is 0 Å². The van der Waals surface area contributed by atoms with Gasteiger partial charge < -0.3 is 0 Å². The lowest BCUT2D eigenvalue weighted by atomic mass is 9.95. The van der Waals surface area contributed by atoms with Crippen LogP contribution < -0.4 is 0 Å². The predicted molar refractivity (Wildman–Crippen MR) is 63.0 cm³/mol. The van der Waals surface area contributed by atoms with Gasteiger partial charge in [-0.2, -0.15) is 0 Å². The van der Waals surface area contributed by atoms with Gasteiger partial charge in [-0.3, -0.25) is 0 Å². The van der Waals surface area contributed by atoms with Gasteiger partial charge in [0.15, 0.2) is 0 Å². The van der Waals surface area contributed by atoms with Gasteiger partial charge in [0.25, 0.3) is 0 Å². The summed E-state index contributed by atoms with van der Waals surface area (Å²) >= 11 is 5.36. The molecular formula is C10H16BrNS. The molecule has 0 N–H and O–H groups in total. The van der Waals surface area contributed by atoms with Gasteiger partial charge in [0, 0.05) is 27.7 Å². The number of hydrogen-bond acceptors (Lipinski definition) is 2. The first-order valence-electron chi connectivity index (χ1n) is 4.49. The Hall–Kier alpha value is 0.110. The molecule has 0 fully saturated rings. The van der Waals surface area contributed by atoms with Crippen LogP contribution in [0, 0.1) is 0 Å². The van der Waals surface area contributed by atoms with Crippen LogP contribution >= 0.6 is 27.3 Å². The maximum atomic E-state index is 4.43. The van der Waals surface area contributed by atoms with Crippen molar-refractivity contribution in [3.05, 3.63) is 16.1 Å². The van der Waals surface area contributed by atoms with Gasteiger partial charge in [0.05, 0.1) is 5.01 Å². The van der Waals surface area contributed by atoms with Crippen LogP contribution in [-0.4, -0.2) is 10.3 Å². The van der Waals surface area contributed by atoms with Gasteiger partial charge in [-0.25, -0.2) is 4.98 Å². The Balaban J connectivity index is 2.91. The monoisotopic (exact) mass is 261 g/mol. The van der Waals surface area contributed by atoms with Crippen molar-refractivity contribution in [1.82, 2.24) is 4.98 Å². The Morgan fingerprint density at radius 1 is 1.54 bits per heavy atom. The third kappa shape index (κ3) is 2.53. The van der Waals surface area contributed by atoms with Crippen molar-refractivity contribution in [1.29, 1.82) is 0 Å². The summed E-state index contributed by atoms with van der Waals surface area (Å²) in [5.41, 5.74) is 0.213. The molecule has 0 aliphatic rings. The topological polar surface area (TPSA) is 12.9 Å². The quantitative estimate of drug-likeness (QED) is 0.752. The van der Waals surface area contributed by atoms with Gasteiger partial charge in [0.2, 0.25) is 0 Å². The smallest absolute Gasteiger partial charge is 0.0953 e. The molecule has 1 rings (SSSR count).